The molecule has 0 aliphatic heterocycles. The van der Waals surface area contributed by atoms with Crippen molar-refractivity contribution in [3.63, 3.8) is 0 Å². The SMILES string of the molecule is C=CCN(C(=C)/C=C\C(=C)C=C)c1ccc(N(/C(C=C)=C/C=C\C)c2cccc(C)c2)cc1. The maximum Gasteiger partial charge on any atom is 0.0464 e. The Morgan fingerprint density at radius 2 is 1.58 bits per heavy atom. The summed E-state index contributed by atoms with van der Waals surface area (Å²) >= 11 is 0. The van der Waals surface area contributed by atoms with Gasteiger partial charge in [0.1, 0.15) is 0 Å². The minimum atomic E-state index is 0.643. The van der Waals surface area contributed by atoms with Crippen molar-refractivity contribution in [2.45, 2.75) is 13.8 Å². The lowest BCUT2D eigenvalue weighted by atomic mass is 10.1. The van der Waals surface area contributed by atoms with E-state index in [4.69, 9.17) is 0 Å². The molecule has 2 aromatic rings. The number of hydrogen-bond acceptors (Lipinski definition) is 2. The van der Waals surface area contributed by atoms with Crippen molar-refractivity contribution in [2.75, 3.05) is 16.3 Å². The van der Waals surface area contributed by atoms with Crippen LogP contribution in [0.3, 0.4) is 0 Å². The fourth-order valence-corrected chi connectivity index (χ4v) is 3.30. The Morgan fingerprint density at radius 1 is 0.879 bits per heavy atom. The molecule has 168 valence electrons. The lowest BCUT2D eigenvalue weighted by Crippen LogP contribution is -2.21. The Balaban J connectivity index is 2.48. The highest BCUT2D eigenvalue weighted by atomic mass is 15.2. The van der Waals surface area contributed by atoms with E-state index in [1.54, 1.807) is 6.08 Å². The molecule has 0 aliphatic rings. The van der Waals surface area contributed by atoms with Crippen LogP contribution in [0.2, 0.25) is 0 Å². The van der Waals surface area contributed by atoms with Crippen LogP contribution in [-0.4, -0.2) is 6.54 Å². The van der Waals surface area contributed by atoms with Gasteiger partial charge in [-0.2, -0.15) is 0 Å². The van der Waals surface area contributed by atoms with Crippen molar-refractivity contribution >= 4 is 17.1 Å². The fraction of sp³-hybridized carbons (Fsp3) is 0.0968. The zero-order valence-corrected chi connectivity index (χ0v) is 19.9. The smallest absolute Gasteiger partial charge is 0.0464 e. The molecule has 0 saturated carbocycles. The average molecular weight is 435 g/mol. The van der Waals surface area contributed by atoms with Crippen LogP contribution in [-0.2, 0) is 0 Å². The number of hydrogen-bond donors (Lipinski definition) is 0. The standard InChI is InChI=1S/C31H34N2/c1-8-12-15-28(11-4)33(31-16-13-14-26(6)24-31)30-21-19-29(20-22-30)32(23-9-2)27(7)18-17-25(5)10-3/h8-22,24H,2-5,7,23H2,1,6H3/b12-8-,18-17-,28-15+. The summed E-state index contributed by atoms with van der Waals surface area (Å²) in [5.74, 6) is 0. The average Bonchev–Trinajstić information content (AvgIpc) is 2.83. The summed E-state index contributed by atoms with van der Waals surface area (Å²) in [7, 11) is 0. The largest absolute Gasteiger partial charge is 0.338 e. The lowest BCUT2D eigenvalue weighted by molar-refractivity contribution is 1.05. The van der Waals surface area contributed by atoms with Crippen molar-refractivity contribution in [3.8, 4) is 0 Å². The van der Waals surface area contributed by atoms with Crippen LogP contribution in [0.5, 0.6) is 0 Å². The molecule has 0 heterocycles. The molecule has 0 atom stereocenters. The van der Waals surface area contributed by atoms with Gasteiger partial charge in [0, 0.05) is 35.0 Å². The van der Waals surface area contributed by atoms with Gasteiger partial charge in [-0.15, -0.1) is 6.58 Å². The van der Waals surface area contributed by atoms with Crippen LogP contribution in [0.15, 0.2) is 147 Å². The maximum atomic E-state index is 4.22. The van der Waals surface area contributed by atoms with Gasteiger partial charge in [-0.3, -0.25) is 0 Å². The van der Waals surface area contributed by atoms with Gasteiger partial charge in [-0.1, -0.05) is 68.8 Å². The van der Waals surface area contributed by atoms with Gasteiger partial charge in [-0.25, -0.2) is 0 Å². The number of benzene rings is 2. The van der Waals surface area contributed by atoms with E-state index in [0.717, 1.165) is 34.0 Å². The summed E-state index contributed by atoms with van der Waals surface area (Å²) in [5.41, 5.74) is 7.02. The van der Waals surface area contributed by atoms with E-state index in [0.29, 0.717) is 6.54 Å². The molecule has 2 rings (SSSR count). The first-order chi connectivity index (χ1) is 15.9. The number of allylic oxidation sites excluding steroid dienone is 8. The Kier molecular flexibility index (Phi) is 9.73. The van der Waals surface area contributed by atoms with Gasteiger partial charge in [0.25, 0.3) is 0 Å². The third-order valence-electron chi connectivity index (χ3n) is 5.02. The lowest BCUT2D eigenvalue weighted by Gasteiger charge is -2.28. The molecule has 0 N–H and O–H groups in total. The highest BCUT2D eigenvalue weighted by Gasteiger charge is 2.14. The summed E-state index contributed by atoms with van der Waals surface area (Å²) in [4.78, 5) is 4.30. The van der Waals surface area contributed by atoms with Gasteiger partial charge in [0.2, 0.25) is 0 Å². The third-order valence-corrected chi connectivity index (χ3v) is 5.02. The topological polar surface area (TPSA) is 6.48 Å². The van der Waals surface area contributed by atoms with Gasteiger partial charge in [0.15, 0.2) is 0 Å². The maximum absolute atomic E-state index is 4.22. The first kappa shape index (κ1) is 25.2. The summed E-state index contributed by atoms with van der Waals surface area (Å²) in [6.07, 6.45) is 15.4. The van der Waals surface area contributed by atoms with Crippen LogP contribution >= 0.6 is 0 Å². The second kappa shape index (κ2) is 12.7. The second-order valence-electron chi connectivity index (χ2n) is 7.52. The van der Waals surface area contributed by atoms with Gasteiger partial charge < -0.3 is 9.80 Å². The number of anilines is 3. The molecule has 0 amide bonds. The fourth-order valence-electron chi connectivity index (χ4n) is 3.30. The molecule has 2 nitrogen and oxygen atoms in total. The Hall–Kier alpha value is -4.04. The zero-order chi connectivity index (χ0) is 24.2. The van der Waals surface area contributed by atoms with E-state index >= 15 is 0 Å². The number of nitrogens with zero attached hydrogens (tertiary/aromatic N) is 2. The van der Waals surface area contributed by atoms with E-state index in [1.165, 1.54) is 5.56 Å². The molecule has 0 spiro atoms. The molecule has 0 aliphatic carbocycles. The van der Waals surface area contributed by atoms with E-state index < -0.39 is 0 Å². The van der Waals surface area contributed by atoms with E-state index in [1.807, 2.05) is 43.4 Å². The number of aryl methyl sites for hydroxylation is 1. The van der Waals surface area contributed by atoms with Crippen molar-refractivity contribution in [1.29, 1.82) is 0 Å². The molecular weight excluding hydrogens is 400 g/mol. The first-order valence-corrected chi connectivity index (χ1v) is 10.9. The van der Waals surface area contributed by atoms with Gasteiger partial charge >= 0.3 is 0 Å². The summed E-state index contributed by atoms with van der Waals surface area (Å²) in [6, 6.07) is 16.9. The normalized spacial score (nSPS) is 11.4. The van der Waals surface area contributed by atoms with Crippen molar-refractivity contribution in [2.24, 2.45) is 0 Å². The van der Waals surface area contributed by atoms with E-state index in [-0.39, 0.29) is 0 Å². The quantitative estimate of drug-likeness (QED) is 0.244. The van der Waals surface area contributed by atoms with Crippen molar-refractivity contribution < 1.29 is 0 Å². The molecule has 0 radical (unpaired) electrons. The Bertz CT molecular complexity index is 1090. The van der Waals surface area contributed by atoms with Crippen molar-refractivity contribution in [3.05, 3.63) is 153 Å². The summed E-state index contributed by atoms with van der Waals surface area (Å²) in [5, 5.41) is 0. The molecule has 0 saturated heterocycles. The highest BCUT2D eigenvalue weighted by molar-refractivity contribution is 5.72. The molecule has 0 unspecified atom stereocenters. The molecule has 0 aromatic heterocycles. The molecular formula is C31H34N2. The molecule has 0 bridgehead atoms. The minimum Gasteiger partial charge on any atom is -0.338 e. The van der Waals surface area contributed by atoms with Crippen LogP contribution in [0.1, 0.15) is 12.5 Å². The summed E-state index contributed by atoms with van der Waals surface area (Å²) < 4.78 is 0. The first-order valence-electron chi connectivity index (χ1n) is 10.9. The molecule has 0 fully saturated rings. The number of rotatable bonds is 12. The Morgan fingerprint density at radius 3 is 2.15 bits per heavy atom. The van der Waals surface area contributed by atoms with Crippen molar-refractivity contribution in [1.82, 2.24) is 0 Å². The zero-order valence-electron chi connectivity index (χ0n) is 19.9. The van der Waals surface area contributed by atoms with Gasteiger partial charge in [0.05, 0.1) is 0 Å². The van der Waals surface area contributed by atoms with Crippen LogP contribution in [0.4, 0.5) is 17.1 Å². The predicted molar refractivity (Wildman–Crippen MR) is 148 cm³/mol. The highest BCUT2D eigenvalue weighted by Crippen LogP contribution is 2.33. The van der Waals surface area contributed by atoms with E-state index in [2.05, 4.69) is 104 Å². The Labute approximate surface area is 199 Å². The van der Waals surface area contributed by atoms with E-state index in [9.17, 15) is 0 Å². The van der Waals surface area contributed by atoms with Crippen LogP contribution < -0.4 is 9.80 Å². The van der Waals surface area contributed by atoms with Crippen LogP contribution in [0.25, 0.3) is 0 Å². The third kappa shape index (κ3) is 6.98. The molecule has 2 heteroatoms. The minimum absolute atomic E-state index is 0.643. The van der Waals surface area contributed by atoms with Crippen LogP contribution in [0, 0.1) is 6.92 Å². The molecule has 2 aromatic carbocycles. The summed E-state index contributed by atoms with van der Waals surface area (Å²) in [6.45, 7) is 24.6. The second-order valence-corrected chi connectivity index (χ2v) is 7.52. The monoisotopic (exact) mass is 434 g/mol. The predicted octanol–water partition coefficient (Wildman–Crippen LogP) is 8.58. The molecule has 33 heavy (non-hydrogen) atoms. The van der Waals surface area contributed by atoms with Gasteiger partial charge in [-0.05, 0) is 79.6 Å².